The molecule has 0 spiro atoms. The fourth-order valence-corrected chi connectivity index (χ4v) is 2.22. The predicted molar refractivity (Wildman–Crippen MR) is 71.0 cm³/mol. The highest BCUT2D eigenvalue weighted by atomic mass is 35.5. The third-order valence-corrected chi connectivity index (χ3v) is 3.20. The van der Waals surface area contributed by atoms with Crippen LogP contribution in [0.2, 0.25) is 5.02 Å². The summed E-state index contributed by atoms with van der Waals surface area (Å²) in [6, 6.07) is 5.06. The first kappa shape index (κ1) is 13.1. The van der Waals surface area contributed by atoms with Gasteiger partial charge in [-0.15, -0.1) is 0 Å². The Morgan fingerprint density at radius 2 is 2.33 bits per heavy atom. The van der Waals surface area contributed by atoms with Crippen molar-refractivity contribution in [3.63, 3.8) is 0 Å². The summed E-state index contributed by atoms with van der Waals surface area (Å²) in [5, 5.41) is 0.575. The van der Waals surface area contributed by atoms with Gasteiger partial charge in [-0.2, -0.15) is 0 Å². The highest BCUT2D eigenvalue weighted by Crippen LogP contribution is 2.26. The Bertz CT molecular complexity index is 453. The van der Waals surface area contributed by atoms with E-state index in [4.69, 9.17) is 27.8 Å². The molecule has 1 aromatic carbocycles. The first-order valence-electron chi connectivity index (χ1n) is 5.77. The van der Waals surface area contributed by atoms with Crippen molar-refractivity contribution in [3.05, 3.63) is 28.8 Å². The maximum Gasteiger partial charge on any atom is 0.250 e. The fraction of sp³-hybridized carbons (Fsp3) is 0.417. The standard InChI is InChI=1S/C12H16ClN3O2/c13-8-1-2-10(12(15)17)11(5-8)16-3-4-18-9(6-14)7-16/h1-2,5,9H,3-4,6-7,14H2,(H2,15,17). The fourth-order valence-electron chi connectivity index (χ4n) is 2.06. The van der Waals surface area contributed by atoms with Crippen LogP contribution in [0.25, 0.3) is 0 Å². The molecule has 4 N–H and O–H groups in total. The molecule has 1 heterocycles. The van der Waals surface area contributed by atoms with Crippen molar-refractivity contribution >= 4 is 23.2 Å². The van der Waals surface area contributed by atoms with Crippen LogP contribution in [0.15, 0.2) is 18.2 Å². The number of hydrogen-bond donors (Lipinski definition) is 2. The van der Waals surface area contributed by atoms with Crippen LogP contribution in [0.3, 0.4) is 0 Å². The number of carbonyl (C=O) groups excluding carboxylic acids is 1. The van der Waals surface area contributed by atoms with Crippen LogP contribution in [0.4, 0.5) is 5.69 Å². The van der Waals surface area contributed by atoms with Gasteiger partial charge in [0.25, 0.3) is 5.91 Å². The molecule has 98 valence electrons. The van der Waals surface area contributed by atoms with E-state index >= 15 is 0 Å². The SMILES string of the molecule is NCC1CN(c2cc(Cl)ccc2C(N)=O)CCO1. The van der Waals surface area contributed by atoms with Gasteiger partial charge in [0, 0.05) is 24.7 Å². The van der Waals surface area contributed by atoms with Crippen molar-refractivity contribution in [1.29, 1.82) is 0 Å². The topological polar surface area (TPSA) is 81.6 Å². The number of amides is 1. The van der Waals surface area contributed by atoms with Crippen LogP contribution in [0, 0.1) is 0 Å². The number of halogens is 1. The maximum absolute atomic E-state index is 11.4. The van der Waals surface area contributed by atoms with Gasteiger partial charge in [0.15, 0.2) is 0 Å². The molecule has 0 saturated carbocycles. The molecule has 18 heavy (non-hydrogen) atoms. The van der Waals surface area contributed by atoms with Crippen molar-refractivity contribution in [2.24, 2.45) is 11.5 Å². The molecule has 6 heteroatoms. The lowest BCUT2D eigenvalue weighted by atomic mass is 10.1. The molecule has 1 amide bonds. The minimum absolute atomic E-state index is 0.0292. The van der Waals surface area contributed by atoms with Crippen LogP contribution in [0.1, 0.15) is 10.4 Å². The molecular formula is C12H16ClN3O2. The Kier molecular flexibility index (Phi) is 4.06. The molecular weight excluding hydrogens is 254 g/mol. The minimum atomic E-state index is -0.461. The number of nitrogens with zero attached hydrogens (tertiary/aromatic N) is 1. The lowest BCUT2D eigenvalue weighted by Crippen LogP contribution is -2.46. The average molecular weight is 270 g/mol. The highest BCUT2D eigenvalue weighted by molar-refractivity contribution is 6.31. The van der Waals surface area contributed by atoms with Gasteiger partial charge in [0.05, 0.1) is 24.0 Å². The number of rotatable bonds is 3. The lowest BCUT2D eigenvalue weighted by Gasteiger charge is -2.34. The summed E-state index contributed by atoms with van der Waals surface area (Å²) >= 11 is 5.98. The van der Waals surface area contributed by atoms with Crippen LogP contribution in [-0.4, -0.2) is 38.3 Å². The molecule has 1 aliphatic heterocycles. The quantitative estimate of drug-likeness (QED) is 0.842. The van der Waals surface area contributed by atoms with E-state index in [1.54, 1.807) is 18.2 Å². The number of morpholine rings is 1. The third kappa shape index (κ3) is 2.75. The Morgan fingerprint density at radius 1 is 1.56 bits per heavy atom. The van der Waals surface area contributed by atoms with Crippen LogP contribution in [-0.2, 0) is 4.74 Å². The normalized spacial score (nSPS) is 19.9. The number of ether oxygens (including phenoxy) is 1. The maximum atomic E-state index is 11.4. The molecule has 0 radical (unpaired) electrons. The van der Waals surface area contributed by atoms with E-state index in [1.165, 1.54) is 0 Å². The Morgan fingerprint density at radius 3 is 3.00 bits per heavy atom. The molecule has 1 saturated heterocycles. The molecule has 0 aromatic heterocycles. The van der Waals surface area contributed by atoms with Crippen molar-refractivity contribution in [2.75, 3.05) is 31.1 Å². The van der Waals surface area contributed by atoms with Gasteiger partial charge >= 0.3 is 0 Å². The highest BCUT2D eigenvalue weighted by Gasteiger charge is 2.22. The van der Waals surface area contributed by atoms with Gasteiger partial charge in [-0.1, -0.05) is 11.6 Å². The predicted octanol–water partition coefficient (Wildman–Crippen LogP) is 0.603. The Labute approximate surface area is 111 Å². The summed E-state index contributed by atoms with van der Waals surface area (Å²) in [7, 11) is 0. The zero-order chi connectivity index (χ0) is 13.1. The summed E-state index contributed by atoms with van der Waals surface area (Å²) in [6.45, 7) is 2.35. The smallest absolute Gasteiger partial charge is 0.250 e. The summed E-state index contributed by atoms with van der Waals surface area (Å²) in [5.74, 6) is -0.461. The average Bonchev–Trinajstić information content (AvgIpc) is 2.38. The van der Waals surface area contributed by atoms with Gasteiger partial charge in [-0.05, 0) is 18.2 Å². The molecule has 1 atom stereocenters. The summed E-state index contributed by atoms with van der Waals surface area (Å²) in [6.07, 6.45) is -0.0292. The van der Waals surface area contributed by atoms with E-state index in [0.717, 1.165) is 5.69 Å². The molecule has 1 aliphatic rings. The lowest BCUT2D eigenvalue weighted by molar-refractivity contribution is 0.0465. The summed E-state index contributed by atoms with van der Waals surface area (Å²) in [5.41, 5.74) is 12.2. The first-order chi connectivity index (χ1) is 8.61. The molecule has 0 bridgehead atoms. The van der Waals surface area contributed by atoms with E-state index in [0.29, 0.717) is 36.8 Å². The number of primary amides is 1. The summed E-state index contributed by atoms with van der Waals surface area (Å²) < 4.78 is 5.49. The molecule has 0 aliphatic carbocycles. The van der Waals surface area contributed by atoms with Crippen LogP contribution in [0.5, 0.6) is 0 Å². The Balaban J connectivity index is 2.31. The molecule has 2 rings (SSSR count). The molecule has 1 aromatic rings. The number of anilines is 1. The van der Waals surface area contributed by atoms with E-state index in [9.17, 15) is 4.79 Å². The molecule has 1 fully saturated rings. The summed E-state index contributed by atoms with van der Waals surface area (Å²) in [4.78, 5) is 13.5. The number of carbonyl (C=O) groups is 1. The second-order valence-electron chi connectivity index (χ2n) is 4.20. The number of hydrogen-bond acceptors (Lipinski definition) is 4. The zero-order valence-corrected chi connectivity index (χ0v) is 10.7. The van der Waals surface area contributed by atoms with E-state index in [1.807, 2.05) is 4.90 Å². The molecule has 1 unspecified atom stereocenters. The second kappa shape index (κ2) is 5.56. The van der Waals surface area contributed by atoms with Gasteiger partial charge in [-0.3, -0.25) is 4.79 Å². The second-order valence-corrected chi connectivity index (χ2v) is 4.64. The Hall–Kier alpha value is -1.30. The van der Waals surface area contributed by atoms with Gasteiger partial charge in [0.1, 0.15) is 0 Å². The van der Waals surface area contributed by atoms with Crippen molar-refractivity contribution in [3.8, 4) is 0 Å². The van der Waals surface area contributed by atoms with Crippen molar-refractivity contribution < 1.29 is 9.53 Å². The van der Waals surface area contributed by atoms with Crippen LogP contribution >= 0.6 is 11.6 Å². The zero-order valence-electron chi connectivity index (χ0n) is 9.93. The van der Waals surface area contributed by atoms with Gasteiger partial charge in [0.2, 0.25) is 0 Å². The van der Waals surface area contributed by atoms with Crippen molar-refractivity contribution in [2.45, 2.75) is 6.10 Å². The van der Waals surface area contributed by atoms with E-state index in [-0.39, 0.29) is 6.10 Å². The first-order valence-corrected chi connectivity index (χ1v) is 6.15. The number of nitrogens with two attached hydrogens (primary N) is 2. The van der Waals surface area contributed by atoms with Crippen LogP contribution < -0.4 is 16.4 Å². The van der Waals surface area contributed by atoms with Gasteiger partial charge < -0.3 is 21.1 Å². The molecule has 5 nitrogen and oxygen atoms in total. The number of benzene rings is 1. The third-order valence-electron chi connectivity index (χ3n) is 2.97. The largest absolute Gasteiger partial charge is 0.373 e. The monoisotopic (exact) mass is 269 g/mol. The van der Waals surface area contributed by atoms with E-state index in [2.05, 4.69) is 0 Å². The van der Waals surface area contributed by atoms with Crippen molar-refractivity contribution in [1.82, 2.24) is 0 Å². The minimum Gasteiger partial charge on any atom is -0.373 e. The van der Waals surface area contributed by atoms with E-state index < -0.39 is 5.91 Å². The van der Waals surface area contributed by atoms with Gasteiger partial charge in [-0.25, -0.2) is 0 Å².